The van der Waals surface area contributed by atoms with E-state index < -0.39 is 6.04 Å². The van der Waals surface area contributed by atoms with E-state index in [4.69, 9.17) is 14.1 Å². The molecule has 0 saturated carbocycles. The fraction of sp³-hybridized carbons (Fsp3) is 0.167. The fourth-order valence-corrected chi connectivity index (χ4v) is 7.29. The number of amides is 1. The minimum Gasteiger partial charge on any atom is -0.496 e. The molecule has 0 bridgehead atoms. The molecule has 10 heteroatoms. The lowest BCUT2D eigenvalue weighted by atomic mass is 9.89. The summed E-state index contributed by atoms with van der Waals surface area (Å²) < 4.78 is 15.1. The van der Waals surface area contributed by atoms with Crippen LogP contribution in [0, 0.1) is 0 Å². The number of aromatic nitrogens is 2. The second-order valence-electron chi connectivity index (χ2n) is 11.1. The van der Waals surface area contributed by atoms with Crippen molar-refractivity contribution < 1.29 is 18.7 Å². The van der Waals surface area contributed by atoms with Gasteiger partial charge in [-0.15, -0.1) is 0 Å². The van der Waals surface area contributed by atoms with Crippen molar-refractivity contribution in [1.82, 2.24) is 14.5 Å². The molecule has 1 amide bonds. The van der Waals surface area contributed by atoms with Gasteiger partial charge in [-0.05, 0) is 55.0 Å². The number of ether oxygens (including phenoxy) is 1. The van der Waals surface area contributed by atoms with Gasteiger partial charge in [0, 0.05) is 39.5 Å². The number of ketones is 1. The number of para-hydroxylation sites is 1. The first kappa shape index (κ1) is 29.2. The lowest BCUT2D eigenvalue weighted by molar-refractivity contribution is -0.121. The highest BCUT2D eigenvalue weighted by atomic mass is 32.1. The van der Waals surface area contributed by atoms with Crippen molar-refractivity contribution in [3.63, 3.8) is 0 Å². The highest BCUT2D eigenvalue weighted by Crippen LogP contribution is 2.40. The molecule has 0 saturated heterocycles. The van der Waals surface area contributed by atoms with Crippen LogP contribution in [0.5, 0.6) is 5.75 Å². The van der Waals surface area contributed by atoms with Crippen LogP contribution in [0.2, 0.25) is 0 Å². The summed E-state index contributed by atoms with van der Waals surface area (Å²) in [7, 11) is 1.59. The van der Waals surface area contributed by atoms with Gasteiger partial charge in [-0.2, -0.15) is 0 Å². The second kappa shape index (κ2) is 11.8. The van der Waals surface area contributed by atoms with Crippen molar-refractivity contribution in [2.45, 2.75) is 33.0 Å². The van der Waals surface area contributed by atoms with Crippen molar-refractivity contribution in [3.05, 3.63) is 133 Å². The number of carbonyl (C=O) groups excluding carboxylic acids is 2. The quantitative estimate of drug-likeness (QED) is 0.259. The molecule has 3 aromatic heterocycles. The number of carbonyl (C=O) groups is 2. The van der Waals surface area contributed by atoms with Gasteiger partial charge in [0.25, 0.3) is 5.56 Å². The number of benzene rings is 3. The zero-order chi connectivity index (χ0) is 31.9. The number of thiazole rings is 1. The molecule has 6 aromatic rings. The Kier molecular flexibility index (Phi) is 7.50. The van der Waals surface area contributed by atoms with Crippen LogP contribution in [0.15, 0.2) is 111 Å². The van der Waals surface area contributed by atoms with Gasteiger partial charge < -0.3 is 19.0 Å². The largest absolute Gasteiger partial charge is 0.496 e. The van der Waals surface area contributed by atoms with Crippen LogP contribution in [0.1, 0.15) is 36.8 Å². The summed E-state index contributed by atoms with van der Waals surface area (Å²) in [5.74, 6) is 0.924. The predicted molar refractivity (Wildman–Crippen MR) is 177 cm³/mol. The van der Waals surface area contributed by atoms with Crippen molar-refractivity contribution in [1.29, 1.82) is 0 Å². The Balaban J connectivity index is 1.36. The molecule has 0 spiro atoms. The van der Waals surface area contributed by atoms with E-state index >= 15 is 0 Å². The maximum Gasteiger partial charge on any atom is 0.271 e. The first-order valence-electron chi connectivity index (χ1n) is 14.8. The average molecular weight is 631 g/mol. The van der Waals surface area contributed by atoms with Gasteiger partial charge in [0.2, 0.25) is 5.91 Å². The molecular formula is C36H30N4O5S. The molecule has 1 atom stereocenters. The van der Waals surface area contributed by atoms with Crippen LogP contribution < -0.4 is 24.9 Å². The van der Waals surface area contributed by atoms with Gasteiger partial charge in [-0.1, -0.05) is 59.9 Å². The molecule has 46 heavy (non-hydrogen) atoms. The maximum atomic E-state index is 14.4. The zero-order valence-corrected chi connectivity index (χ0v) is 26.3. The molecule has 4 heterocycles. The third-order valence-corrected chi connectivity index (χ3v) is 9.27. The van der Waals surface area contributed by atoms with Gasteiger partial charge in [0.1, 0.15) is 18.1 Å². The highest BCUT2D eigenvalue weighted by Gasteiger charge is 2.34. The smallest absolute Gasteiger partial charge is 0.271 e. The first-order valence-corrected chi connectivity index (χ1v) is 15.6. The minimum absolute atomic E-state index is 0.0956. The third kappa shape index (κ3) is 5.06. The normalized spacial score (nSPS) is 14.8. The van der Waals surface area contributed by atoms with E-state index in [1.807, 2.05) is 84.4 Å². The Labute approximate surface area is 267 Å². The molecule has 0 aliphatic carbocycles. The molecule has 1 N–H and O–H groups in total. The van der Waals surface area contributed by atoms with Gasteiger partial charge in [-0.3, -0.25) is 19.0 Å². The van der Waals surface area contributed by atoms with Crippen LogP contribution in [-0.2, 0) is 22.7 Å². The number of nitrogens with one attached hydrogen (secondary N) is 1. The van der Waals surface area contributed by atoms with Gasteiger partial charge in [-0.25, -0.2) is 4.99 Å². The molecule has 9 nitrogen and oxygen atoms in total. The van der Waals surface area contributed by atoms with E-state index in [1.54, 1.807) is 30.1 Å². The number of fused-ring (bicyclic) bond motifs is 3. The Morgan fingerprint density at radius 2 is 1.83 bits per heavy atom. The van der Waals surface area contributed by atoms with Crippen LogP contribution in [0.3, 0.4) is 0 Å². The molecule has 0 fully saturated rings. The van der Waals surface area contributed by atoms with Crippen molar-refractivity contribution in [2.75, 3.05) is 7.11 Å². The predicted octanol–water partition coefficient (Wildman–Crippen LogP) is 4.85. The lowest BCUT2D eigenvalue weighted by Gasteiger charge is -2.27. The van der Waals surface area contributed by atoms with E-state index in [0.717, 1.165) is 32.8 Å². The van der Waals surface area contributed by atoms with E-state index in [-0.39, 0.29) is 23.8 Å². The zero-order valence-electron chi connectivity index (χ0n) is 25.4. The van der Waals surface area contributed by atoms with Crippen LogP contribution >= 0.6 is 11.3 Å². The van der Waals surface area contributed by atoms with Crippen LogP contribution in [0.4, 0.5) is 0 Å². The minimum atomic E-state index is -0.726. The molecule has 0 radical (unpaired) electrons. The molecule has 7 rings (SSSR count). The number of allylic oxidation sites excluding steroid dienone is 2. The fourth-order valence-electron chi connectivity index (χ4n) is 6.25. The summed E-state index contributed by atoms with van der Waals surface area (Å²) >= 11 is 1.27. The van der Waals surface area contributed by atoms with Crippen molar-refractivity contribution in [2.24, 2.45) is 4.99 Å². The van der Waals surface area contributed by atoms with E-state index in [0.29, 0.717) is 38.7 Å². The SMILES string of the molecule is COc1ccc2ccccc2c1[C@H]1C(C(C)=O)=C(C)N=c2s/c(=C\c3cn(CC(=O)NCc4ccco4)c4ccccc34)c(=O)n21. The Hall–Kier alpha value is -5.48. The van der Waals surface area contributed by atoms with E-state index in [1.165, 1.54) is 18.3 Å². The van der Waals surface area contributed by atoms with E-state index in [2.05, 4.69) is 5.32 Å². The number of hydrogen-bond donors (Lipinski definition) is 1. The summed E-state index contributed by atoms with van der Waals surface area (Å²) in [6.07, 6.45) is 5.29. The maximum absolute atomic E-state index is 14.4. The van der Waals surface area contributed by atoms with Crippen LogP contribution in [0.25, 0.3) is 27.8 Å². The Morgan fingerprint density at radius 3 is 2.59 bits per heavy atom. The van der Waals surface area contributed by atoms with Crippen molar-refractivity contribution in [3.8, 4) is 5.75 Å². The molecule has 1 aliphatic rings. The summed E-state index contributed by atoms with van der Waals surface area (Å²) in [6.45, 7) is 3.71. The topological polar surface area (TPSA) is 108 Å². The van der Waals surface area contributed by atoms with Gasteiger partial charge in [0.05, 0.1) is 30.5 Å². The second-order valence-corrected chi connectivity index (χ2v) is 12.1. The van der Waals surface area contributed by atoms with Gasteiger partial charge in [0.15, 0.2) is 10.6 Å². The molecule has 1 aliphatic heterocycles. The first-order chi connectivity index (χ1) is 22.3. The number of rotatable bonds is 8. The number of Topliss-reactive ketones (excluding diaryl/α,β-unsaturated/α-hetero) is 1. The van der Waals surface area contributed by atoms with E-state index in [9.17, 15) is 14.4 Å². The molecule has 230 valence electrons. The number of furan rings is 1. The lowest BCUT2D eigenvalue weighted by Crippen LogP contribution is -2.39. The summed E-state index contributed by atoms with van der Waals surface area (Å²) in [5, 5.41) is 5.66. The van der Waals surface area contributed by atoms with Crippen molar-refractivity contribution >= 4 is 50.8 Å². The summed E-state index contributed by atoms with van der Waals surface area (Å²) in [5.41, 5.74) is 3.15. The summed E-state index contributed by atoms with van der Waals surface area (Å²) in [6, 6.07) is 22.3. The third-order valence-electron chi connectivity index (χ3n) is 8.28. The van der Waals surface area contributed by atoms with Crippen LogP contribution in [-0.4, -0.2) is 27.9 Å². The summed E-state index contributed by atoms with van der Waals surface area (Å²) in [4.78, 5) is 45.6. The molecule has 0 unspecified atom stereocenters. The Morgan fingerprint density at radius 1 is 1.04 bits per heavy atom. The molecular weight excluding hydrogens is 600 g/mol. The number of nitrogens with zero attached hydrogens (tertiary/aromatic N) is 3. The standard InChI is InChI=1S/C36H30N4O5S/c1-21-32(22(2)41)34(33-27-12-5-4-9-23(27)14-15-29(33)44-3)40-35(43)30(46-36(40)38-21)17-24-19-39(28-13-7-6-11-26(24)28)20-31(42)37-18-25-10-8-16-45-25/h4-17,19,34H,18,20H2,1-3H3,(H,37,42)/b30-17-/t34-/m1/s1. The molecule has 3 aromatic carbocycles. The Bertz CT molecular complexity index is 2380. The highest BCUT2D eigenvalue weighted by molar-refractivity contribution is 7.07. The van der Waals surface area contributed by atoms with Gasteiger partial charge >= 0.3 is 0 Å². The average Bonchev–Trinajstić information content (AvgIpc) is 3.77. The number of methoxy groups -OCH3 is 1. The monoisotopic (exact) mass is 630 g/mol. The number of hydrogen-bond acceptors (Lipinski definition) is 7.